The third-order valence-corrected chi connectivity index (χ3v) is 3.80. The van der Waals surface area contributed by atoms with E-state index in [-0.39, 0.29) is 6.04 Å². The summed E-state index contributed by atoms with van der Waals surface area (Å²) < 4.78 is 1.82. The third-order valence-electron chi connectivity index (χ3n) is 3.80. The van der Waals surface area contributed by atoms with Gasteiger partial charge < -0.3 is 5.73 Å². The van der Waals surface area contributed by atoms with E-state index in [1.54, 1.807) is 0 Å². The van der Waals surface area contributed by atoms with Crippen molar-refractivity contribution in [2.45, 2.75) is 25.8 Å². The summed E-state index contributed by atoms with van der Waals surface area (Å²) in [5, 5.41) is 13.9. The molecule has 1 aromatic heterocycles. The second kappa shape index (κ2) is 4.43. The number of hydrogen-bond acceptors (Lipinski definition) is 3. The predicted octanol–water partition coefficient (Wildman–Crippen LogP) is 2.97. The average Bonchev–Trinajstić information content (AvgIpc) is 3.23. The van der Waals surface area contributed by atoms with Crippen LogP contribution < -0.4 is 5.73 Å². The molecule has 1 aliphatic rings. The van der Waals surface area contributed by atoms with E-state index < -0.39 is 0 Å². The number of rotatable bonds is 3. The van der Waals surface area contributed by atoms with Crippen molar-refractivity contribution >= 4 is 5.82 Å². The Hall–Kier alpha value is -2.28. The van der Waals surface area contributed by atoms with Gasteiger partial charge in [-0.2, -0.15) is 10.4 Å². The minimum atomic E-state index is 0.268. The fourth-order valence-electron chi connectivity index (χ4n) is 2.44. The number of nitrogens with two attached hydrogens (primary N) is 1. The molecule has 4 nitrogen and oxygen atoms in total. The standard InChI is InChI=1S/C15H16N4/c1-10(11-7-8-11)19-15(17)13(9-16)14(18-19)12-5-3-2-4-6-12/h2-6,10-11H,7-8,17H2,1H3. The van der Waals surface area contributed by atoms with Crippen molar-refractivity contribution in [3.8, 4) is 17.3 Å². The summed E-state index contributed by atoms with van der Waals surface area (Å²) in [5.41, 5.74) is 8.21. The van der Waals surface area contributed by atoms with Crippen molar-refractivity contribution in [3.63, 3.8) is 0 Å². The molecule has 2 aromatic rings. The maximum absolute atomic E-state index is 9.33. The van der Waals surface area contributed by atoms with Gasteiger partial charge in [-0.05, 0) is 25.7 Å². The van der Waals surface area contributed by atoms with Gasteiger partial charge in [0.1, 0.15) is 23.1 Å². The highest BCUT2D eigenvalue weighted by Crippen LogP contribution is 2.41. The molecule has 0 amide bonds. The fraction of sp³-hybridized carbons (Fsp3) is 0.333. The molecule has 0 saturated heterocycles. The number of nitrogens with zero attached hydrogens (tertiary/aromatic N) is 3. The smallest absolute Gasteiger partial charge is 0.140 e. The number of nitrogen functional groups attached to an aromatic ring is 1. The normalized spacial score (nSPS) is 16.0. The van der Waals surface area contributed by atoms with Gasteiger partial charge in [-0.25, -0.2) is 4.68 Å². The lowest BCUT2D eigenvalue weighted by molar-refractivity contribution is 0.447. The molecule has 1 saturated carbocycles. The molecule has 3 rings (SSSR count). The second-order valence-electron chi connectivity index (χ2n) is 5.11. The van der Waals surface area contributed by atoms with Crippen molar-refractivity contribution < 1.29 is 0 Å². The van der Waals surface area contributed by atoms with Crippen LogP contribution in [-0.2, 0) is 0 Å². The molecule has 0 radical (unpaired) electrons. The van der Waals surface area contributed by atoms with Crippen molar-refractivity contribution in [2.24, 2.45) is 5.92 Å². The Morgan fingerprint density at radius 1 is 1.37 bits per heavy atom. The van der Waals surface area contributed by atoms with Crippen molar-refractivity contribution in [1.82, 2.24) is 9.78 Å². The summed E-state index contributed by atoms with van der Waals surface area (Å²) >= 11 is 0. The first-order valence-electron chi connectivity index (χ1n) is 6.56. The van der Waals surface area contributed by atoms with Crippen LogP contribution >= 0.6 is 0 Å². The SMILES string of the molecule is CC(C1CC1)n1nc(-c2ccccc2)c(C#N)c1N. The highest BCUT2D eigenvalue weighted by Gasteiger charge is 2.32. The average molecular weight is 252 g/mol. The molecule has 2 N–H and O–H groups in total. The molecular weight excluding hydrogens is 236 g/mol. The van der Waals surface area contributed by atoms with Crippen LogP contribution in [0, 0.1) is 17.2 Å². The van der Waals surface area contributed by atoms with Gasteiger partial charge in [-0.15, -0.1) is 0 Å². The van der Waals surface area contributed by atoms with E-state index in [0.717, 1.165) is 5.56 Å². The van der Waals surface area contributed by atoms with Gasteiger partial charge in [0, 0.05) is 5.56 Å². The van der Waals surface area contributed by atoms with Gasteiger partial charge in [0.25, 0.3) is 0 Å². The number of hydrogen-bond donors (Lipinski definition) is 1. The molecule has 4 heteroatoms. The van der Waals surface area contributed by atoms with E-state index in [1.165, 1.54) is 12.8 Å². The minimum Gasteiger partial charge on any atom is -0.383 e. The number of nitriles is 1. The molecule has 1 heterocycles. The lowest BCUT2D eigenvalue weighted by Crippen LogP contribution is -2.12. The summed E-state index contributed by atoms with van der Waals surface area (Å²) in [5.74, 6) is 1.14. The van der Waals surface area contributed by atoms with Crippen LogP contribution in [0.1, 0.15) is 31.4 Å². The summed E-state index contributed by atoms with van der Waals surface area (Å²) in [7, 11) is 0. The maximum Gasteiger partial charge on any atom is 0.140 e. The summed E-state index contributed by atoms with van der Waals surface area (Å²) in [6.07, 6.45) is 2.45. The first-order chi connectivity index (χ1) is 9.22. The van der Waals surface area contributed by atoms with Crippen molar-refractivity contribution in [2.75, 3.05) is 5.73 Å². The zero-order valence-corrected chi connectivity index (χ0v) is 10.9. The monoisotopic (exact) mass is 252 g/mol. The van der Waals surface area contributed by atoms with Crippen LogP contribution in [0.25, 0.3) is 11.3 Å². The Morgan fingerprint density at radius 3 is 2.63 bits per heavy atom. The van der Waals surface area contributed by atoms with Gasteiger partial charge in [0.2, 0.25) is 0 Å². The predicted molar refractivity (Wildman–Crippen MR) is 74.2 cm³/mol. The molecule has 1 aromatic carbocycles. The van der Waals surface area contributed by atoms with E-state index in [9.17, 15) is 5.26 Å². The fourth-order valence-corrected chi connectivity index (χ4v) is 2.44. The molecule has 1 atom stereocenters. The largest absolute Gasteiger partial charge is 0.383 e. The highest BCUT2D eigenvalue weighted by molar-refractivity contribution is 5.72. The van der Waals surface area contributed by atoms with Gasteiger partial charge >= 0.3 is 0 Å². The molecule has 0 bridgehead atoms. The molecular formula is C15H16N4. The Bertz CT molecular complexity index is 632. The van der Waals surface area contributed by atoms with Crippen molar-refractivity contribution in [1.29, 1.82) is 5.26 Å². The van der Waals surface area contributed by atoms with Crippen LogP contribution in [0.4, 0.5) is 5.82 Å². The van der Waals surface area contributed by atoms with E-state index in [0.29, 0.717) is 23.0 Å². The zero-order chi connectivity index (χ0) is 13.4. The molecule has 19 heavy (non-hydrogen) atoms. The highest BCUT2D eigenvalue weighted by atomic mass is 15.3. The molecule has 1 unspecified atom stereocenters. The van der Waals surface area contributed by atoms with Gasteiger partial charge in [-0.1, -0.05) is 30.3 Å². The molecule has 0 spiro atoms. The van der Waals surface area contributed by atoms with E-state index in [4.69, 9.17) is 5.73 Å². The van der Waals surface area contributed by atoms with Crippen LogP contribution in [0.3, 0.4) is 0 Å². The molecule has 0 aliphatic heterocycles. The number of aromatic nitrogens is 2. The van der Waals surface area contributed by atoms with Gasteiger partial charge in [0.15, 0.2) is 0 Å². The Morgan fingerprint density at radius 2 is 2.05 bits per heavy atom. The van der Waals surface area contributed by atoms with Crippen LogP contribution in [-0.4, -0.2) is 9.78 Å². The van der Waals surface area contributed by atoms with Gasteiger partial charge in [0.05, 0.1) is 6.04 Å². The second-order valence-corrected chi connectivity index (χ2v) is 5.11. The van der Waals surface area contributed by atoms with E-state index in [2.05, 4.69) is 18.1 Å². The Labute approximate surface area is 112 Å². The summed E-state index contributed by atoms with van der Waals surface area (Å²) in [4.78, 5) is 0. The van der Waals surface area contributed by atoms with Crippen LogP contribution in [0.2, 0.25) is 0 Å². The van der Waals surface area contributed by atoms with E-state index in [1.807, 2.05) is 35.0 Å². The maximum atomic E-state index is 9.33. The first-order valence-corrected chi connectivity index (χ1v) is 6.56. The van der Waals surface area contributed by atoms with Crippen LogP contribution in [0.5, 0.6) is 0 Å². The lowest BCUT2D eigenvalue weighted by Gasteiger charge is -2.12. The summed E-state index contributed by atoms with van der Waals surface area (Å²) in [6, 6.07) is 12.2. The van der Waals surface area contributed by atoms with Crippen molar-refractivity contribution in [3.05, 3.63) is 35.9 Å². The number of benzene rings is 1. The third kappa shape index (κ3) is 1.97. The quantitative estimate of drug-likeness (QED) is 0.913. The lowest BCUT2D eigenvalue weighted by atomic mass is 10.1. The Balaban J connectivity index is 2.10. The zero-order valence-electron chi connectivity index (χ0n) is 10.9. The van der Waals surface area contributed by atoms with Gasteiger partial charge in [-0.3, -0.25) is 0 Å². The topological polar surface area (TPSA) is 67.6 Å². The first kappa shape index (κ1) is 11.8. The number of anilines is 1. The van der Waals surface area contributed by atoms with Crippen LogP contribution in [0.15, 0.2) is 30.3 Å². The molecule has 1 fully saturated rings. The minimum absolute atomic E-state index is 0.268. The summed E-state index contributed by atoms with van der Waals surface area (Å²) in [6.45, 7) is 2.12. The Kier molecular flexibility index (Phi) is 2.75. The van der Waals surface area contributed by atoms with E-state index >= 15 is 0 Å². The molecule has 96 valence electrons. The molecule has 1 aliphatic carbocycles.